The van der Waals surface area contributed by atoms with Crippen molar-refractivity contribution in [1.82, 2.24) is 25.2 Å². The fourth-order valence-electron chi connectivity index (χ4n) is 2.42. The van der Waals surface area contributed by atoms with Crippen molar-refractivity contribution in [2.45, 2.75) is 13.0 Å². The molecule has 0 aliphatic heterocycles. The van der Waals surface area contributed by atoms with E-state index in [9.17, 15) is 0 Å². The van der Waals surface area contributed by atoms with Gasteiger partial charge in [-0.15, -0.1) is 17.4 Å². The first-order valence-electron chi connectivity index (χ1n) is 8.11. The van der Waals surface area contributed by atoms with Crippen LogP contribution in [0, 0.1) is 12.3 Å². The minimum absolute atomic E-state index is 0.466. The van der Waals surface area contributed by atoms with Crippen LogP contribution in [0.3, 0.4) is 0 Å². The Kier molecular flexibility index (Phi) is 5.76. The van der Waals surface area contributed by atoms with Gasteiger partial charge in [-0.1, -0.05) is 35.5 Å². The van der Waals surface area contributed by atoms with Crippen molar-refractivity contribution in [1.29, 1.82) is 0 Å². The molecular formula is C20H19N5O. The molecule has 0 amide bonds. The van der Waals surface area contributed by atoms with Crippen molar-refractivity contribution < 1.29 is 4.74 Å². The lowest BCUT2D eigenvalue weighted by Gasteiger charge is -1.99. The highest BCUT2D eigenvalue weighted by molar-refractivity contribution is 5.80. The fourth-order valence-corrected chi connectivity index (χ4v) is 2.42. The third kappa shape index (κ3) is 4.35. The molecule has 130 valence electrons. The number of terminal acetylenes is 1. The van der Waals surface area contributed by atoms with Crippen LogP contribution in [0.4, 0.5) is 0 Å². The first-order valence-corrected chi connectivity index (χ1v) is 8.11. The number of nitrogens with one attached hydrogen (secondary N) is 1. The summed E-state index contributed by atoms with van der Waals surface area (Å²) in [6.45, 7) is 0.466. The Morgan fingerprint density at radius 3 is 2.81 bits per heavy atom. The highest BCUT2D eigenvalue weighted by Gasteiger charge is 2.04. The summed E-state index contributed by atoms with van der Waals surface area (Å²) in [4.78, 5) is 0. The van der Waals surface area contributed by atoms with Gasteiger partial charge in [-0.2, -0.15) is 5.10 Å². The first-order chi connectivity index (χ1) is 12.8. The number of aromatic nitrogens is 5. The van der Waals surface area contributed by atoms with Gasteiger partial charge < -0.3 is 4.74 Å². The van der Waals surface area contributed by atoms with E-state index in [1.165, 1.54) is 5.56 Å². The maximum atomic E-state index is 5.11. The predicted octanol–water partition coefficient (Wildman–Crippen LogP) is 3.15. The van der Waals surface area contributed by atoms with E-state index >= 15 is 0 Å². The Hall–Kier alpha value is -3.43. The lowest BCUT2D eigenvalue weighted by molar-refractivity contribution is 0.181. The summed E-state index contributed by atoms with van der Waals surface area (Å²) < 4.78 is 6.73. The summed E-state index contributed by atoms with van der Waals surface area (Å²) in [6.07, 6.45) is 9.48. The molecule has 4 rings (SSSR count). The molecule has 0 aliphatic rings. The molecule has 0 radical (unpaired) electrons. The molecule has 0 saturated carbocycles. The fraction of sp³-hybridized carbons (Fsp3) is 0.150. The number of benzene rings is 2. The number of ether oxygens (including phenoxy) is 1. The van der Waals surface area contributed by atoms with Gasteiger partial charge in [0.1, 0.15) is 5.69 Å². The van der Waals surface area contributed by atoms with Crippen LogP contribution in [0.15, 0.2) is 60.9 Å². The van der Waals surface area contributed by atoms with E-state index in [0.717, 1.165) is 28.7 Å². The number of hydrogen-bond acceptors (Lipinski definition) is 4. The number of fused-ring (bicyclic) bond motifs is 1. The van der Waals surface area contributed by atoms with Crippen molar-refractivity contribution >= 4 is 10.9 Å². The quantitative estimate of drug-likeness (QED) is 0.577. The van der Waals surface area contributed by atoms with Crippen LogP contribution in [0.25, 0.3) is 16.6 Å². The molecule has 1 N–H and O–H groups in total. The van der Waals surface area contributed by atoms with E-state index in [1.54, 1.807) is 18.0 Å². The van der Waals surface area contributed by atoms with E-state index in [4.69, 9.17) is 11.2 Å². The summed E-state index contributed by atoms with van der Waals surface area (Å²) in [5.41, 5.74) is 3.97. The molecule has 0 unspecified atom stereocenters. The zero-order valence-electron chi connectivity index (χ0n) is 14.5. The van der Waals surface area contributed by atoms with Gasteiger partial charge in [0.25, 0.3) is 0 Å². The largest absolute Gasteiger partial charge is 0.378 e. The second-order valence-corrected chi connectivity index (χ2v) is 5.60. The van der Waals surface area contributed by atoms with Crippen LogP contribution in [0.1, 0.15) is 11.3 Å². The molecule has 2 heterocycles. The van der Waals surface area contributed by atoms with Crippen LogP contribution >= 0.6 is 0 Å². The number of nitrogens with zero attached hydrogens (tertiary/aromatic N) is 4. The number of rotatable bonds is 4. The van der Waals surface area contributed by atoms with Crippen LogP contribution in [-0.4, -0.2) is 32.3 Å². The summed E-state index contributed by atoms with van der Waals surface area (Å²) >= 11 is 0. The lowest BCUT2D eigenvalue weighted by atomic mass is 10.2. The smallest absolute Gasteiger partial charge is 0.109 e. The summed E-state index contributed by atoms with van der Waals surface area (Å²) in [5.74, 6) is 2.58. The summed E-state index contributed by atoms with van der Waals surface area (Å²) in [7, 11) is 1.64. The van der Waals surface area contributed by atoms with Gasteiger partial charge in [0, 0.05) is 18.9 Å². The van der Waals surface area contributed by atoms with Crippen LogP contribution < -0.4 is 0 Å². The summed E-state index contributed by atoms with van der Waals surface area (Å²) in [5, 5.41) is 16.0. The standard InChI is InChI=1S/C11H11N5O.C9H8/c1-17-7-9-6-16(15-13-9)10-2-3-11-8(4-10)5-12-14-11;1-2-6-9-7-4-3-5-8-9/h2-6H,7H2,1H3,(H,12,14);1,3-5,7-8H,6H2. The maximum Gasteiger partial charge on any atom is 0.109 e. The molecule has 0 aliphatic carbocycles. The molecule has 0 fully saturated rings. The molecule has 2 aromatic heterocycles. The van der Waals surface area contributed by atoms with E-state index < -0.39 is 0 Å². The second kappa shape index (κ2) is 8.60. The highest BCUT2D eigenvalue weighted by atomic mass is 16.5. The highest BCUT2D eigenvalue weighted by Crippen LogP contribution is 2.15. The number of methoxy groups -OCH3 is 1. The molecule has 0 atom stereocenters. The maximum absolute atomic E-state index is 5.11. The first kappa shape index (κ1) is 17.4. The van der Waals surface area contributed by atoms with Gasteiger partial charge in [0.2, 0.25) is 0 Å². The Bertz CT molecular complexity index is 998. The Morgan fingerprint density at radius 2 is 2.04 bits per heavy atom. The number of aromatic amines is 1. The van der Waals surface area contributed by atoms with Crippen molar-refractivity contribution in [3.63, 3.8) is 0 Å². The predicted molar refractivity (Wildman–Crippen MR) is 101 cm³/mol. The third-order valence-corrected chi connectivity index (χ3v) is 3.67. The minimum Gasteiger partial charge on any atom is -0.378 e. The number of H-pyrrole nitrogens is 1. The molecular weight excluding hydrogens is 326 g/mol. The SMILES string of the molecule is C#CCc1ccccc1.COCc1cn(-c2ccc3[nH]ncc3c2)nn1. The van der Waals surface area contributed by atoms with Gasteiger partial charge in [-0.3, -0.25) is 5.10 Å². The average molecular weight is 345 g/mol. The van der Waals surface area contributed by atoms with Crippen LogP contribution in [-0.2, 0) is 17.8 Å². The topological polar surface area (TPSA) is 68.6 Å². The van der Waals surface area contributed by atoms with Crippen molar-refractivity contribution in [2.24, 2.45) is 0 Å². The van der Waals surface area contributed by atoms with Crippen molar-refractivity contribution in [3.05, 3.63) is 72.2 Å². The average Bonchev–Trinajstić information content (AvgIpc) is 3.32. The number of hydrogen-bond donors (Lipinski definition) is 1. The lowest BCUT2D eigenvalue weighted by Crippen LogP contribution is -1.94. The zero-order chi connectivity index (χ0) is 18.2. The van der Waals surface area contributed by atoms with Crippen LogP contribution in [0.2, 0.25) is 0 Å². The molecule has 2 aromatic carbocycles. The Morgan fingerprint density at radius 1 is 1.19 bits per heavy atom. The zero-order valence-corrected chi connectivity index (χ0v) is 14.5. The summed E-state index contributed by atoms with van der Waals surface area (Å²) in [6, 6.07) is 16.0. The molecule has 0 bridgehead atoms. The third-order valence-electron chi connectivity index (χ3n) is 3.67. The second-order valence-electron chi connectivity index (χ2n) is 5.60. The van der Waals surface area contributed by atoms with E-state index in [1.807, 2.05) is 54.7 Å². The molecule has 26 heavy (non-hydrogen) atoms. The van der Waals surface area contributed by atoms with Crippen LogP contribution in [0.5, 0.6) is 0 Å². The molecule has 4 aromatic rings. The normalized spacial score (nSPS) is 10.2. The van der Waals surface area contributed by atoms with Gasteiger partial charge in [0.15, 0.2) is 0 Å². The molecule has 6 heteroatoms. The van der Waals surface area contributed by atoms with E-state index in [-0.39, 0.29) is 0 Å². The van der Waals surface area contributed by atoms with Gasteiger partial charge >= 0.3 is 0 Å². The Balaban J connectivity index is 0.000000185. The Labute approximate surface area is 151 Å². The monoisotopic (exact) mass is 345 g/mol. The van der Waals surface area contributed by atoms with Gasteiger partial charge in [0.05, 0.1) is 30.2 Å². The molecule has 6 nitrogen and oxygen atoms in total. The van der Waals surface area contributed by atoms with Crippen molar-refractivity contribution in [2.75, 3.05) is 7.11 Å². The molecule has 0 spiro atoms. The van der Waals surface area contributed by atoms with E-state index in [0.29, 0.717) is 6.61 Å². The van der Waals surface area contributed by atoms with E-state index in [2.05, 4.69) is 26.4 Å². The van der Waals surface area contributed by atoms with Gasteiger partial charge in [-0.05, 0) is 23.8 Å². The minimum atomic E-state index is 0.466. The van der Waals surface area contributed by atoms with Crippen molar-refractivity contribution in [3.8, 4) is 18.0 Å². The van der Waals surface area contributed by atoms with Gasteiger partial charge in [-0.25, -0.2) is 4.68 Å². The molecule has 0 saturated heterocycles.